The Morgan fingerprint density at radius 1 is 1.47 bits per heavy atom. The molecule has 4 heteroatoms. The summed E-state index contributed by atoms with van der Waals surface area (Å²) in [6.07, 6.45) is 4.98. The first-order chi connectivity index (χ1) is 8.27. The molecule has 0 amide bonds. The molecule has 0 saturated heterocycles. The van der Waals surface area contributed by atoms with E-state index in [-0.39, 0.29) is 0 Å². The minimum Gasteiger partial charge on any atom is -0.330 e. The highest BCUT2D eigenvalue weighted by atomic mass is 79.9. The van der Waals surface area contributed by atoms with Crippen LogP contribution in [0.2, 0.25) is 0 Å². The van der Waals surface area contributed by atoms with Crippen molar-refractivity contribution in [1.29, 1.82) is 0 Å². The van der Waals surface area contributed by atoms with Gasteiger partial charge in [0.1, 0.15) is 0 Å². The van der Waals surface area contributed by atoms with Crippen molar-refractivity contribution < 1.29 is 0 Å². The highest BCUT2D eigenvalue weighted by Crippen LogP contribution is 2.22. The highest BCUT2D eigenvalue weighted by Gasteiger charge is 2.05. The molecule has 1 aromatic rings. The van der Waals surface area contributed by atoms with Gasteiger partial charge in [0.2, 0.25) is 0 Å². The van der Waals surface area contributed by atoms with E-state index in [1.807, 2.05) is 0 Å². The number of rotatable bonds is 9. The average Bonchev–Trinajstić information content (AvgIpc) is 2.73. The molecule has 1 aromatic heterocycles. The van der Waals surface area contributed by atoms with E-state index in [2.05, 4.69) is 39.6 Å². The van der Waals surface area contributed by atoms with Gasteiger partial charge in [-0.3, -0.25) is 0 Å². The lowest BCUT2D eigenvalue weighted by atomic mass is 9.97. The molecule has 1 unspecified atom stereocenters. The van der Waals surface area contributed by atoms with Crippen molar-refractivity contribution >= 4 is 27.3 Å². The number of nitrogens with one attached hydrogen (secondary N) is 1. The van der Waals surface area contributed by atoms with Gasteiger partial charge in [0.05, 0.1) is 0 Å². The largest absolute Gasteiger partial charge is 0.330 e. The molecule has 0 aliphatic rings. The Labute approximate surface area is 117 Å². The fraction of sp³-hybridized carbons (Fsp3) is 0.692. The van der Waals surface area contributed by atoms with Crippen molar-refractivity contribution in [2.45, 2.75) is 39.2 Å². The summed E-state index contributed by atoms with van der Waals surface area (Å²) in [4.78, 5) is 1.39. The highest BCUT2D eigenvalue weighted by molar-refractivity contribution is 9.10. The zero-order chi connectivity index (χ0) is 12.5. The van der Waals surface area contributed by atoms with Crippen molar-refractivity contribution in [2.75, 3.05) is 13.1 Å². The third kappa shape index (κ3) is 6.00. The number of halogens is 1. The first-order valence-corrected chi connectivity index (χ1v) is 8.07. The predicted molar refractivity (Wildman–Crippen MR) is 80.4 cm³/mol. The second kappa shape index (κ2) is 9.09. The Bertz CT molecular complexity index is 301. The Hall–Kier alpha value is 0.100. The smallest absolute Gasteiger partial charge is 0.0327 e. The zero-order valence-corrected chi connectivity index (χ0v) is 12.9. The summed E-state index contributed by atoms with van der Waals surface area (Å²) in [5, 5.41) is 5.62. The van der Waals surface area contributed by atoms with E-state index in [1.165, 1.54) is 35.0 Å². The molecule has 0 fully saturated rings. The Balaban J connectivity index is 2.06. The monoisotopic (exact) mass is 318 g/mol. The summed E-state index contributed by atoms with van der Waals surface area (Å²) in [5.74, 6) is 0.815. The minimum atomic E-state index is 0.815. The number of thiophene rings is 1. The standard InChI is InChI=1S/C13H23BrN2S/c1-2-11(5-7-15)4-3-8-16-10-13-12(14)6-9-17-13/h6,9,11,16H,2-5,7-8,10,15H2,1H3. The minimum absolute atomic E-state index is 0.815. The lowest BCUT2D eigenvalue weighted by Crippen LogP contribution is -2.16. The van der Waals surface area contributed by atoms with Crippen LogP contribution in [0.15, 0.2) is 15.9 Å². The maximum Gasteiger partial charge on any atom is 0.0327 e. The van der Waals surface area contributed by atoms with Crippen molar-refractivity contribution in [2.24, 2.45) is 11.7 Å². The molecule has 0 aliphatic heterocycles. The summed E-state index contributed by atoms with van der Waals surface area (Å²) in [5.41, 5.74) is 5.60. The SMILES string of the molecule is CCC(CCN)CCCNCc1sccc1Br. The van der Waals surface area contributed by atoms with Gasteiger partial charge in [0, 0.05) is 15.9 Å². The van der Waals surface area contributed by atoms with E-state index in [0.717, 1.165) is 25.6 Å². The molecule has 0 bridgehead atoms. The van der Waals surface area contributed by atoms with Crippen LogP contribution in [0.4, 0.5) is 0 Å². The van der Waals surface area contributed by atoms with Gasteiger partial charge in [-0.1, -0.05) is 13.3 Å². The van der Waals surface area contributed by atoms with E-state index in [9.17, 15) is 0 Å². The van der Waals surface area contributed by atoms with E-state index < -0.39 is 0 Å². The van der Waals surface area contributed by atoms with Crippen LogP contribution in [0.25, 0.3) is 0 Å². The summed E-state index contributed by atoms with van der Waals surface area (Å²) < 4.78 is 1.23. The second-order valence-corrected chi connectivity index (χ2v) is 6.22. The Morgan fingerprint density at radius 2 is 2.29 bits per heavy atom. The molecule has 0 saturated carbocycles. The first-order valence-electron chi connectivity index (χ1n) is 6.40. The van der Waals surface area contributed by atoms with Crippen LogP contribution in [0, 0.1) is 5.92 Å². The van der Waals surface area contributed by atoms with Crippen molar-refractivity contribution in [3.63, 3.8) is 0 Å². The van der Waals surface area contributed by atoms with E-state index in [4.69, 9.17) is 5.73 Å². The van der Waals surface area contributed by atoms with Gasteiger partial charge in [-0.2, -0.15) is 0 Å². The normalized spacial score (nSPS) is 12.9. The molecule has 1 atom stereocenters. The molecule has 3 N–H and O–H groups in total. The van der Waals surface area contributed by atoms with Crippen LogP contribution >= 0.6 is 27.3 Å². The second-order valence-electron chi connectivity index (χ2n) is 4.36. The van der Waals surface area contributed by atoms with Crippen LogP contribution in [-0.4, -0.2) is 13.1 Å². The van der Waals surface area contributed by atoms with Crippen molar-refractivity contribution in [3.8, 4) is 0 Å². The third-order valence-corrected chi connectivity index (χ3v) is 5.02. The summed E-state index contributed by atoms with van der Waals surface area (Å²) in [7, 11) is 0. The molecule has 17 heavy (non-hydrogen) atoms. The fourth-order valence-electron chi connectivity index (χ4n) is 1.96. The van der Waals surface area contributed by atoms with Gasteiger partial charge in [-0.05, 0) is 65.6 Å². The third-order valence-electron chi connectivity index (χ3n) is 3.09. The topological polar surface area (TPSA) is 38.0 Å². The fourth-order valence-corrected chi connectivity index (χ4v) is 3.42. The van der Waals surface area contributed by atoms with Crippen molar-refractivity contribution in [1.82, 2.24) is 5.32 Å². The predicted octanol–water partition coefficient (Wildman–Crippen LogP) is 3.76. The quantitative estimate of drug-likeness (QED) is 0.680. The van der Waals surface area contributed by atoms with Gasteiger partial charge < -0.3 is 11.1 Å². The van der Waals surface area contributed by atoms with Gasteiger partial charge >= 0.3 is 0 Å². The van der Waals surface area contributed by atoms with Crippen LogP contribution in [0.3, 0.4) is 0 Å². The molecular weight excluding hydrogens is 296 g/mol. The van der Waals surface area contributed by atoms with Gasteiger partial charge in [0.15, 0.2) is 0 Å². The van der Waals surface area contributed by atoms with Gasteiger partial charge in [-0.25, -0.2) is 0 Å². The van der Waals surface area contributed by atoms with Crippen LogP contribution in [-0.2, 0) is 6.54 Å². The van der Waals surface area contributed by atoms with Crippen LogP contribution in [0.5, 0.6) is 0 Å². The van der Waals surface area contributed by atoms with E-state index in [0.29, 0.717) is 0 Å². The molecule has 1 heterocycles. The summed E-state index contributed by atoms with van der Waals surface area (Å²) >= 11 is 5.35. The molecule has 0 spiro atoms. The molecule has 0 radical (unpaired) electrons. The Morgan fingerprint density at radius 3 is 2.88 bits per heavy atom. The lowest BCUT2D eigenvalue weighted by molar-refractivity contribution is 0.422. The molecular formula is C13H23BrN2S. The average molecular weight is 319 g/mol. The zero-order valence-electron chi connectivity index (χ0n) is 10.5. The molecule has 2 nitrogen and oxygen atoms in total. The maximum absolute atomic E-state index is 5.60. The van der Waals surface area contributed by atoms with E-state index in [1.54, 1.807) is 11.3 Å². The number of nitrogens with two attached hydrogens (primary N) is 1. The molecule has 0 aromatic carbocycles. The number of hydrogen-bond donors (Lipinski definition) is 2. The number of hydrogen-bond acceptors (Lipinski definition) is 3. The molecule has 98 valence electrons. The Kier molecular flexibility index (Phi) is 8.10. The van der Waals surface area contributed by atoms with Crippen LogP contribution in [0.1, 0.15) is 37.5 Å². The van der Waals surface area contributed by atoms with Gasteiger partial charge in [-0.15, -0.1) is 11.3 Å². The summed E-state index contributed by atoms with van der Waals surface area (Å²) in [6.45, 7) is 5.17. The van der Waals surface area contributed by atoms with Crippen LogP contribution < -0.4 is 11.1 Å². The van der Waals surface area contributed by atoms with E-state index >= 15 is 0 Å². The lowest BCUT2D eigenvalue weighted by Gasteiger charge is -2.13. The molecule has 0 aliphatic carbocycles. The maximum atomic E-state index is 5.60. The summed E-state index contributed by atoms with van der Waals surface area (Å²) in [6, 6.07) is 2.11. The first kappa shape index (κ1) is 15.2. The van der Waals surface area contributed by atoms with Crippen molar-refractivity contribution in [3.05, 3.63) is 20.8 Å². The molecule has 1 rings (SSSR count). The van der Waals surface area contributed by atoms with Gasteiger partial charge in [0.25, 0.3) is 0 Å².